The average molecular weight is 618 g/mol. The SMILES string of the molecule is CCOc1ccc(S(=O)(=O)N(CC(=O)N(Cc2ccccc2Cl)[C@H](CC)C(=O)NC(C)(C)C)c2ccc(F)cc2)cc1. The Morgan fingerprint density at radius 1 is 0.976 bits per heavy atom. The van der Waals surface area contributed by atoms with Crippen LogP contribution in [0.15, 0.2) is 77.7 Å². The van der Waals surface area contributed by atoms with Gasteiger partial charge in [0.05, 0.1) is 17.2 Å². The number of sulfonamides is 1. The second-order valence-electron chi connectivity index (χ2n) is 10.7. The van der Waals surface area contributed by atoms with Crippen molar-refractivity contribution in [1.29, 1.82) is 0 Å². The van der Waals surface area contributed by atoms with Gasteiger partial charge in [-0.1, -0.05) is 36.7 Å². The standard InChI is InChI=1S/C31H37ClFN3O5S/c1-6-28(30(38)34-31(3,4)5)35(20-22-10-8-9-11-27(22)32)29(37)21-36(24-14-12-23(33)13-15-24)42(39,40)26-18-16-25(17-19-26)41-7-2/h8-19,28H,6-7,20-21H2,1-5H3,(H,34,38)/t28-/m1/s1. The number of anilines is 1. The number of hydrogen-bond donors (Lipinski definition) is 1. The van der Waals surface area contributed by atoms with Crippen LogP contribution in [0.4, 0.5) is 10.1 Å². The average Bonchev–Trinajstić information content (AvgIpc) is 2.92. The summed E-state index contributed by atoms with van der Waals surface area (Å²) < 4.78 is 48.0. The quantitative estimate of drug-likeness (QED) is 0.277. The van der Waals surface area contributed by atoms with Crippen LogP contribution in [-0.2, 0) is 26.2 Å². The van der Waals surface area contributed by atoms with E-state index in [0.717, 1.165) is 16.4 Å². The molecule has 0 heterocycles. The van der Waals surface area contributed by atoms with Crippen LogP contribution >= 0.6 is 11.6 Å². The molecule has 0 aliphatic carbocycles. The molecule has 3 rings (SSSR count). The number of amides is 2. The van der Waals surface area contributed by atoms with Gasteiger partial charge in [-0.25, -0.2) is 12.8 Å². The fraction of sp³-hybridized carbons (Fsp3) is 0.355. The lowest BCUT2D eigenvalue weighted by atomic mass is 10.1. The highest BCUT2D eigenvalue weighted by Crippen LogP contribution is 2.27. The normalized spacial score (nSPS) is 12.4. The molecule has 0 aliphatic heterocycles. The van der Waals surface area contributed by atoms with E-state index in [1.807, 2.05) is 27.7 Å². The van der Waals surface area contributed by atoms with Gasteiger partial charge in [0, 0.05) is 17.1 Å². The number of nitrogens with one attached hydrogen (secondary N) is 1. The van der Waals surface area contributed by atoms with Gasteiger partial charge in [0.25, 0.3) is 10.0 Å². The number of nitrogens with zero attached hydrogens (tertiary/aromatic N) is 2. The van der Waals surface area contributed by atoms with Gasteiger partial charge in [0.15, 0.2) is 0 Å². The first-order chi connectivity index (χ1) is 19.8. The molecule has 0 aliphatic rings. The molecule has 0 unspecified atom stereocenters. The first-order valence-corrected chi connectivity index (χ1v) is 15.4. The summed E-state index contributed by atoms with van der Waals surface area (Å²) in [6, 6.07) is 16.6. The monoisotopic (exact) mass is 617 g/mol. The van der Waals surface area contributed by atoms with Gasteiger partial charge >= 0.3 is 0 Å². The molecule has 1 atom stereocenters. The molecule has 3 aromatic carbocycles. The maximum Gasteiger partial charge on any atom is 0.264 e. The van der Waals surface area contributed by atoms with Crippen LogP contribution < -0.4 is 14.4 Å². The third-order valence-electron chi connectivity index (χ3n) is 6.30. The number of hydrogen-bond acceptors (Lipinski definition) is 5. The molecule has 0 fully saturated rings. The van der Waals surface area contributed by atoms with E-state index in [0.29, 0.717) is 22.9 Å². The summed E-state index contributed by atoms with van der Waals surface area (Å²) in [5.74, 6) is -1.09. The van der Waals surface area contributed by atoms with Crippen molar-refractivity contribution in [3.63, 3.8) is 0 Å². The van der Waals surface area contributed by atoms with Crippen molar-refractivity contribution in [1.82, 2.24) is 10.2 Å². The fourth-order valence-electron chi connectivity index (χ4n) is 4.32. The van der Waals surface area contributed by atoms with Crippen molar-refractivity contribution in [2.24, 2.45) is 0 Å². The Labute approximate surface area is 252 Å². The summed E-state index contributed by atoms with van der Waals surface area (Å²) >= 11 is 6.42. The summed E-state index contributed by atoms with van der Waals surface area (Å²) in [7, 11) is -4.31. The highest BCUT2D eigenvalue weighted by Gasteiger charge is 2.35. The Bertz CT molecular complexity index is 1480. The van der Waals surface area contributed by atoms with E-state index in [1.54, 1.807) is 31.2 Å². The van der Waals surface area contributed by atoms with Gasteiger partial charge in [-0.15, -0.1) is 0 Å². The van der Waals surface area contributed by atoms with Crippen molar-refractivity contribution in [2.75, 3.05) is 17.5 Å². The maximum absolute atomic E-state index is 14.1. The second-order valence-corrected chi connectivity index (χ2v) is 12.9. The maximum atomic E-state index is 14.1. The fourth-order valence-corrected chi connectivity index (χ4v) is 5.93. The van der Waals surface area contributed by atoms with Crippen LogP contribution in [0, 0.1) is 5.82 Å². The highest BCUT2D eigenvalue weighted by atomic mass is 35.5. The predicted molar refractivity (Wildman–Crippen MR) is 163 cm³/mol. The Morgan fingerprint density at radius 3 is 2.14 bits per heavy atom. The molecule has 42 heavy (non-hydrogen) atoms. The Balaban J connectivity index is 2.07. The van der Waals surface area contributed by atoms with Crippen molar-refractivity contribution >= 4 is 39.1 Å². The van der Waals surface area contributed by atoms with Crippen LogP contribution in [0.2, 0.25) is 5.02 Å². The molecule has 0 spiro atoms. The molecule has 1 N–H and O–H groups in total. The molecule has 0 aromatic heterocycles. The molecule has 2 amide bonds. The van der Waals surface area contributed by atoms with Crippen LogP contribution in [0.5, 0.6) is 5.75 Å². The van der Waals surface area contributed by atoms with Crippen LogP contribution in [-0.4, -0.2) is 49.9 Å². The summed E-state index contributed by atoms with van der Waals surface area (Å²) in [5.41, 5.74) is 0.113. The van der Waals surface area contributed by atoms with Crippen molar-refractivity contribution in [3.8, 4) is 5.75 Å². The largest absolute Gasteiger partial charge is 0.494 e. The predicted octanol–water partition coefficient (Wildman–Crippen LogP) is 5.80. The number of rotatable bonds is 12. The van der Waals surface area contributed by atoms with Crippen molar-refractivity contribution in [3.05, 3.63) is 89.2 Å². The number of benzene rings is 3. The lowest BCUT2D eigenvalue weighted by Crippen LogP contribution is -2.55. The van der Waals surface area contributed by atoms with Gasteiger partial charge in [-0.05, 0) is 94.3 Å². The zero-order valence-electron chi connectivity index (χ0n) is 24.4. The minimum atomic E-state index is -4.31. The molecule has 226 valence electrons. The third-order valence-corrected chi connectivity index (χ3v) is 8.46. The van der Waals surface area contributed by atoms with Gasteiger partial charge in [-0.2, -0.15) is 0 Å². The van der Waals surface area contributed by atoms with Crippen molar-refractivity contribution < 1.29 is 27.1 Å². The number of halogens is 2. The van der Waals surface area contributed by atoms with E-state index in [9.17, 15) is 22.4 Å². The topological polar surface area (TPSA) is 96.0 Å². The van der Waals surface area contributed by atoms with E-state index in [4.69, 9.17) is 16.3 Å². The molecule has 0 bridgehead atoms. The van der Waals surface area contributed by atoms with Gasteiger partial charge in [-0.3, -0.25) is 13.9 Å². The first kappa shape index (κ1) is 32.9. The van der Waals surface area contributed by atoms with E-state index in [2.05, 4.69) is 5.32 Å². The van der Waals surface area contributed by atoms with E-state index < -0.39 is 39.9 Å². The zero-order chi connectivity index (χ0) is 31.1. The minimum absolute atomic E-state index is 0.0328. The Hall–Kier alpha value is -3.63. The number of ether oxygens (including phenoxy) is 1. The third kappa shape index (κ3) is 8.45. The smallest absolute Gasteiger partial charge is 0.264 e. The lowest BCUT2D eigenvalue weighted by molar-refractivity contribution is -0.141. The Kier molecular flexibility index (Phi) is 11.0. The second kappa shape index (κ2) is 14.0. The van der Waals surface area contributed by atoms with Gasteiger partial charge in [0.1, 0.15) is 24.2 Å². The summed E-state index contributed by atoms with van der Waals surface area (Å²) in [6.07, 6.45) is 0.264. The number of carbonyl (C=O) groups is 2. The van der Waals surface area contributed by atoms with Crippen molar-refractivity contribution in [2.45, 2.75) is 64.1 Å². The lowest BCUT2D eigenvalue weighted by Gasteiger charge is -2.35. The molecule has 8 nitrogen and oxygen atoms in total. The summed E-state index contributed by atoms with van der Waals surface area (Å²) in [5, 5.41) is 3.32. The molecule has 3 aromatic rings. The number of carbonyl (C=O) groups excluding carboxylic acids is 2. The van der Waals surface area contributed by atoms with E-state index in [1.165, 1.54) is 41.3 Å². The van der Waals surface area contributed by atoms with Crippen LogP contribution in [0.3, 0.4) is 0 Å². The van der Waals surface area contributed by atoms with E-state index in [-0.39, 0.29) is 29.5 Å². The highest BCUT2D eigenvalue weighted by molar-refractivity contribution is 7.92. The minimum Gasteiger partial charge on any atom is -0.494 e. The van der Waals surface area contributed by atoms with Crippen LogP contribution in [0.25, 0.3) is 0 Å². The summed E-state index contributed by atoms with van der Waals surface area (Å²) in [6.45, 7) is 8.80. The summed E-state index contributed by atoms with van der Waals surface area (Å²) in [4.78, 5) is 28.7. The molecular formula is C31H37ClFN3O5S. The van der Waals surface area contributed by atoms with Gasteiger partial charge in [0.2, 0.25) is 11.8 Å². The van der Waals surface area contributed by atoms with Gasteiger partial charge < -0.3 is 15.0 Å². The molecule has 0 saturated carbocycles. The molecule has 0 saturated heterocycles. The van der Waals surface area contributed by atoms with Crippen LogP contribution in [0.1, 0.15) is 46.6 Å². The Morgan fingerprint density at radius 2 is 1.60 bits per heavy atom. The molecule has 11 heteroatoms. The zero-order valence-corrected chi connectivity index (χ0v) is 26.0. The van der Waals surface area contributed by atoms with E-state index >= 15 is 0 Å². The molecular weight excluding hydrogens is 581 g/mol. The first-order valence-electron chi connectivity index (χ1n) is 13.6. The molecule has 0 radical (unpaired) electrons.